The maximum atomic E-state index is 5.73. The molecule has 1 N–H and O–H groups in total. The predicted octanol–water partition coefficient (Wildman–Crippen LogP) is 4.00. The first-order chi connectivity index (χ1) is 9.76. The van der Waals surface area contributed by atoms with Crippen LogP contribution in [0.3, 0.4) is 0 Å². The number of halogens is 1. The maximum Gasteiger partial charge on any atom is 0.127 e. The van der Waals surface area contributed by atoms with Crippen LogP contribution in [0.5, 0.6) is 11.5 Å². The van der Waals surface area contributed by atoms with Crippen LogP contribution in [0.4, 0.5) is 5.69 Å². The molecule has 0 unspecified atom stereocenters. The summed E-state index contributed by atoms with van der Waals surface area (Å²) in [7, 11) is 1.67. The standard InChI is InChI=1S/C16H16BrNO2/c1-19-15-4-2-14(3-5-15)18-10-12-9-13(17)8-11-6-7-20-16(11)12/h2-5,8-9,18H,6-7,10H2,1H3. The Hall–Kier alpha value is -1.68. The summed E-state index contributed by atoms with van der Waals surface area (Å²) >= 11 is 3.56. The first kappa shape index (κ1) is 13.3. The third kappa shape index (κ3) is 2.75. The van der Waals surface area contributed by atoms with Crippen LogP contribution in [0.1, 0.15) is 11.1 Å². The third-order valence-electron chi connectivity index (χ3n) is 3.40. The molecule has 4 heteroatoms. The number of hydrogen-bond donors (Lipinski definition) is 1. The number of methoxy groups -OCH3 is 1. The van der Waals surface area contributed by atoms with Crippen molar-refractivity contribution in [1.29, 1.82) is 0 Å². The van der Waals surface area contributed by atoms with Crippen LogP contribution in [0.15, 0.2) is 40.9 Å². The Balaban J connectivity index is 1.75. The van der Waals surface area contributed by atoms with Gasteiger partial charge in [-0.25, -0.2) is 0 Å². The number of hydrogen-bond acceptors (Lipinski definition) is 3. The van der Waals surface area contributed by atoms with E-state index in [4.69, 9.17) is 9.47 Å². The van der Waals surface area contributed by atoms with Gasteiger partial charge in [-0.1, -0.05) is 15.9 Å². The van der Waals surface area contributed by atoms with E-state index in [1.54, 1.807) is 7.11 Å². The van der Waals surface area contributed by atoms with E-state index < -0.39 is 0 Å². The average Bonchev–Trinajstić information content (AvgIpc) is 2.93. The molecule has 0 bridgehead atoms. The highest BCUT2D eigenvalue weighted by molar-refractivity contribution is 9.10. The molecule has 0 aromatic heterocycles. The fourth-order valence-electron chi connectivity index (χ4n) is 2.38. The lowest BCUT2D eigenvalue weighted by Crippen LogP contribution is -2.01. The van der Waals surface area contributed by atoms with Crippen molar-refractivity contribution in [3.63, 3.8) is 0 Å². The van der Waals surface area contributed by atoms with Crippen LogP contribution in [0.25, 0.3) is 0 Å². The van der Waals surface area contributed by atoms with Gasteiger partial charge < -0.3 is 14.8 Å². The number of benzene rings is 2. The van der Waals surface area contributed by atoms with Gasteiger partial charge in [0.1, 0.15) is 11.5 Å². The Bertz CT molecular complexity index is 611. The van der Waals surface area contributed by atoms with Gasteiger partial charge in [0.05, 0.1) is 13.7 Å². The van der Waals surface area contributed by atoms with E-state index in [9.17, 15) is 0 Å². The molecule has 0 fully saturated rings. The van der Waals surface area contributed by atoms with Crippen LogP contribution in [0, 0.1) is 0 Å². The van der Waals surface area contributed by atoms with E-state index in [1.165, 1.54) is 11.1 Å². The summed E-state index contributed by atoms with van der Waals surface area (Å²) < 4.78 is 12.0. The van der Waals surface area contributed by atoms with Crippen LogP contribution >= 0.6 is 15.9 Å². The minimum Gasteiger partial charge on any atom is -0.497 e. The summed E-state index contributed by atoms with van der Waals surface area (Å²) in [5.74, 6) is 1.90. The zero-order valence-electron chi connectivity index (χ0n) is 11.3. The Morgan fingerprint density at radius 3 is 2.80 bits per heavy atom. The molecule has 3 rings (SSSR count). The molecule has 104 valence electrons. The fourth-order valence-corrected chi connectivity index (χ4v) is 2.94. The molecular weight excluding hydrogens is 318 g/mol. The first-order valence-electron chi connectivity index (χ1n) is 6.58. The van der Waals surface area contributed by atoms with Gasteiger partial charge in [0, 0.05) is 28.7 Å². The number of nitrogens with one attached hydrogen (secondary N) is 1. The van der Waals surface area contributed by atoms with E-state index in [0.29, 0.717) is 0 Å². The molecule has 2 aromatic rings. The smallest absolute Gasteiger partial charge is 0.127 e. The molecular formula is C16H16BrNO2. The SMILES string of the molecule is COc1ccc(NCc2cc(Br)cc3c2OCC3)cc1. The van der Waals surface area contributed by atoms with Crippen molar-refractivity contribution in [1.82, 2.24) is 0 Å². The summed E-state index contributed by atoms with van der Waals surface area (Å²) in [4.78, 5) is 0. The lowest BCUT2D eigenvalue weighted by Gasteiger charge is -2.11. The Morgan fingerprint density at radius 2 is 2.05 bits per heavy atom. The van der Waals surface area contributed by atoms with E-state index in [2.05, 4.69) is 33.4 Å². The molecule has 2 aromatic carbocycles. The van der Waals surface area contributed by atoms with Crippen molar-refractivity contribution < 1.29 is 9.47 Å². The number of rotatable bonds is 4. The topological polar surface area (TPSA) is 30.5 Å². The molecule has 1 heterocycles. The lowest BCUT2D eigenvalue weighted by molar-refractivity contribution is 0.354. The van der Waals surface area contributed by atoms with E-state index in [-0.39, 0.29) is 0 Å². The minimum absolute atomic E-state index is 0.744. The molecule has 20 heavy (non-hydrogen) atoms. The fraction of sp³-hybridized carbons (Fsp3) is 0.250. The monoisotopic (exact) mass is 333 g/mol. The summed E-state index contributed by atoms with van der Waals surface area (Å²) in [6.45, 7) is 1.52. The van der Waals surface area contributed by atoms with E-state index in [0.717, 1.165) is 41.2 Å². The van der Waals surface area contributed by atoms with Crippen molar-refractivity contribution in [3.8, 4) is 11.5 Å². The lowest BCUT2D eigenvalue weighted by atomic mass is 10.1. The summed E-state index contributed by atoms with van der Waals surface area (Å²) in [5.41, 5.74) is 3.53. The van der Waals surface area contributed by atoms with Gasteiger partial charge in [-0.15, -0.1) is 0 Å². The second-order valence-electron chi connectivity index (χ2n) is 4.73. The molecule has 0 aliphatic carbocycles. The van der Waals surface area contributed by atoms with Crippen LogP contribution in [0.2, 0.25) is 0 Å². The Morgan fingerprint density at radius 1 is 1.25 bits per heavy atom. The molecule has 0 saturated carbocycles. The van der Waals surface area contributed by atoms with Crippen molar-refractivity contribution >= 4 is 21.6 Å². The highest BCUT2D eigenvalue weighted by Gasteiger charge is 2.17. The van der Waals surface area contributed by atoms with Crippen LogP contribution in [-0.4, -0.2) is 13.7 Å². The second kappa shape index (κ2) is 5.75. The van der Waals surface area contributed by atoms with Gasteiger partial charge in [0.25, 0.3) is 0 Å². The number of fused-ring (bicyclic) bond motifs is 1. The second-order valence-corrected chi connectivity index (χ2v) is 5.65. The summed E-state index contributed by atoms with van der Waals surface area (Å²) in [6.07, 6.45) is 0.990. The normalized spacial score (nSPS) is 12.7. The third-order valence-corrected chi connectivity index (χ3v) is 3.86. The van der Waals surface area contributed by atoms with Crippen molar-refractivity contribution in [2.24, 2.45) is 0 Å². The summed E-state index contributed by atoms with van der Waals surface area (Å²) in [6, 6.07) is 12.2. The Kier molecular flexibility index (Phi) is 3.83. The summed E-state index contributed by atoms with van der Waals surface area (Å²) in [5, 5.41) is 3.41. The maximum absolute atomic E-state index is 5.73. The highest BCUT2D eigenvalue weighted by Crippen LogP contribution is 2.33. The van der Waals surface area contributed by atoms with Gasteiger partial charge >= 0.3 is 0 Å². The zero-order valence-corrected chi connectivity index (χ0v) is 12.9. The average molecular weight is 334 g/mol. The van der Waals surface area contributed by atoms with Crippen molar-refractivity contribution in [3.05, 3.63) is 52.0 Å². The first-order valence-corrected chi connectivity index (χ1v) is 7.37. The molecule has 0 saturated heterocycles. The molecule has 0 radical (unpaired) electrons. The van der Waals surface area contributed by atoms with Gasteiger partial charge in [0.15, 0.2) is 0 Å². The van der Waals surface area contributed by atoms with Gasteiger partial charge in [-0.3, -0.25) is 0 Å². The molecule has 0 atom stereocenters. The number of ether oxygens (including phenoxy) is 2. The zero-order chi connectivity index (χ0) is 13.9. The van der Waals surface area contributed by atoms with E-state index in [1.807, 2.05) is 24.3 Å². The van der Waals surface area contributed by atoms with Crippen molar-refractivity contribution in [2.45, 2.75) is 13.0 Å². The minimum atomic E-state index is 0.744. The van der Waals surface area contributed by atoms with Crippen molar-refractivity contribution in [2.75, 3.05) is 19.0 Å². The molecule has 1 aliphatic rings. The largest absolute Gasteiger partial charge is 0.497 e. The quantitative estimate of drug-likeness (QED) is 0.917. The molecule has 0 spiro atoms. The van der Waals surface area contributed by atoms with E-state index >= 15 is 0 Å². The number of anilines is 1. The van der Waals surface area contributed by atoms with Crippen LogP contribution < -0.4 is 14.8 Å². The highest BCUT2D eigenvalue weighted by atomic mass is 79.9. The van der Waals surface area contributed by atoms with Crippen LogP contribution in [-0.2, 0) is 13.0 Å². The van der Waals surface area contributed by atoms with Gasteiger partial charge in [-0.05, 0) is 42.0 Å². The Labute approximate surface area is 127 Å². The predicted molar refractivity (Wildman–Crippen MR) is 83.7 cm³/mol. The molecule has 1 aliphatic heterocycles. The molecule has 3 nitrogen and oxygen atoms in total. The van der Waals surface area contributed by atoms with Gasteiger partial charge in [0.2, 0.25) is 0 Å². The molecule has 0 amide bonds. The van der Waals surface area contributed by atoms with Gasteiger partial charge in [-0.2, -0.15) is 0 Å².